The Bertz CT molecular complexity index is 685. The summed E-state index contributed by atoms with van der Waals surface area (Å²) in [4.78, 5) is 14.3. The number of benzene rings is 2. The zero-order valence-electron chi connectivity index (χ0n) is 12.1. The number of nitrogens with zero attached hydrogens (tertiary/aromatic N) is 1. The SMILES string of the molecule is O=C(c1ccccc1)N1CCS[C@H]1c1ccc(C(F)(F)F)cc1. The molecule has 23 heavy (non-hydrogen) atoms. The van der Waals surface area contributed by atoms with Crippen molar-refractivity contribution in [2.24, 2.45) is 0 Å². The summed E-state index contributed by atoms with van der Waals surface area (Å²) in [7, 11) is 0. The highest BCUT2D eigenvalue weighted by Crippen LogP contribution is 2.39. The third kappa shape index (κ3) is 3.37. The van der Waals surface area contributed by atoms with Gasteiger partial charge in [-0.15, -0.1) is 11.8 Å². The second-order valence-corrected chi connectivity index (χ2v) is 6.40. The van der Waals surface area contributed by atoms with E-state index in [1.54, 1.807) is 40.9 Å². The monoisotopic (exact) mass is 337 g/mol. The molecular weight excluding hydrogens is 323 g/mol. The molecule has 0 saturated carbocycles. The lowest BCUT2D eigenvalue weighted by Gasteiger charge is -2.24. The van der Waals surface area contributed by atoms with E-state index in [2.05, 4.69) is 0 Å². The predicted octanol–water partition coefficient (Wildman–Crippen LogP) is 4.59. The van der Waals surface area contributed by atoms with Gasteiger partial charge in [0.15, 0.2) is 0 Å². The number of amides is 1. The summed E-state index contributed by atoms with van der Waals surface area (Å²) in [6.07, 6.45) is -4.35. The molecule has 0 N–H and O–H groups in total. The molecule has 1 amide bonds. The van der Waals surface area contributed by atoms with Gasteiger partial charge in [0, 0.05) is 17.9 Å². The third-order valence-corrected chi connectivity index (χ3v) is 4.96. The first-order valence-corrected chi connectivity index (χ1v) is 8.16. The molecule has 120 valence electrons. The lowest BCUT2D eigenvalue weighted by Crippen LogP contribution is -2.30. The maximum Gasteiger partial charge on any atom is 0.416 e. The minimum absolute atomic E-state index is 0.0968. The van der Waals surface area contributed by atoms with E-state index in [-0.39, 0.29) is 11.3 Å². The molecule has 0 unspecified atom stereocenters. The highest BCUT2D eigenvalue weighted by molar-refractivity contribution is 7.99. The smallest absolute Gasteiger partial charge is 0.322 e. The Morgan fingerprint density at radius 1 is 1.04 bits per heavy atom. The molecule has 1 aliphatic heterocycles. The molecule has 1 aliphatic rings. The first-order valence-electron chi connectivity index (χ1n) is 7.11. The van der Waals surface area contributed by atoms with Crippen LogP contribution in [0.4, 0.5) is 13.2 Å². The molecule has 2 nitrogen and oxygen atoms in total. The van der Waals surface area contributed by atoms with Gasteiger partial charge in [-0.25, -0.2) is 0 Å². The van der Waals surface area contributed by atoms with Crippen molar-refractivity contribution in [1.82, 2.24) is 4.90 Å². The average molecular weight is 337 g/mol. The second-order valence-electron chi connectivity index (χ2n) is 5.21. The Balaban J connectivity index is 1.83. The van der Waals surface area contributed by atoms with E-state index in [0.29, 0.717) is 17.7 Å². The number of hydrogen-bond donors (Lipinski definition) is 0. The largest absolute Gasteiger partial charge is 0.416 e. The van der Waals surface area contributed by atoms with Crippen LogP contribution in [-0.4, -0.2) is 23.1 Å². The first-order chi connectivity index (χ1) is 11.0. The molecule has 0 aliphatic carbocycles. The molecule has 6 heteroatoms. The molecule has 1 fully saturated rings. The summed E-state index contributed by atoms with van der Waals surface area (Å²) in [5.41, 5.74) is 0.627. The van der Waals surface area contributed by atoms with Gasteiger partial charge in [0.25, 0.3) is 5.91 Å². The van der Waals surface area contributed by atoms with Gasteiger partial charge in [0.05, 0.1) is 5.56 Å². The fourth-order valence-electron chi connectivity index (χ4n) is 2.54. The van der Waals surface area contributed by atoms with Crippen LogP contribution in [0.25, 0.3) is 0 Å². The highest BCUT2D eigenvalue weighted by Gasteiger charge is 2.33. The van der Waals surface area contributed by atoms with E-state index in [1.807, 2.05) is 6.07 Å². The fourth-order valence-corrected chi connectivity index (χ4v) is 3.79. The Kier molecular flexibility index (Phi) is 4.35. The summed E-state index contributed by atoms with van der Waals surface area (Å²) < 4.78 is 38.0. The normalized spacial score (nSPS) is 18.2. The molecular formula is C17H14F3NOS. The predicted molar refractivity (Wildman–Crippen MR) is 84.1 cm³/mol. The zero-order valence-corrected chi connectivity index (χ0v) is 12.9. The van der Waals surface area contributed by atoms with Gasteiger partial charge >= 0.3 is 6.18 Å². The topological polar surface area (TPSA) is 20.3 Å². The van der Waals surface area contributed by atoms with Crippen molar-refractivity contribution in [1.29, 1.82) is 0 Å². The Morgan fingerprint density at radius 3 is 2.30 bits per heavy atom. The summed E-state index contributed by atoms with van der Waals surface area (Å²) in [6.45, 7) is 0.587. The van der Waals surface area contributed by atoms with Crippen LogP contribution in [0.1, 0.15) is 26.9 Å². The summed E-state index contributed by atoms with van der Waals surface area (Å²) >= 11 is 1.56. The van der Waals surface area contributed by atoms with Gasteiger partial charge in [-0.2, -0.15) is 13.2 Å². The van der Waals surface area contributed by atoms with Crippen molar-refractivity contribution < 1.29 is 18.0 Å². The van der Waals surface area contributed by atoms with Gasteiger partial charge in [-0.3, -0.25) is 4.79 Å². The molecule has 1 atom stereocenters. The number of rotatable bonds is 2. The standard InChI is InChI=1S/C17H14F3NOS/c18-17(19,20)14-8-6-13(7-9-14)16-21(10-11-23-16)15(22)12-4-2-1-3-5-12/h1-9,16H,10-11H2/t16-/m0/s1. The maximum atomic E-state index is 12.7. The number of halogens is 3. The number of thioether (sulfide) groups is 1. The zero-order chi connectivity index (χ0) is 16.4. The van der Waals surface area contributed by atoms with Crippen LogP contribution in [0.15, 0.2) is 54.6 Å². The van der Waals surface area contributed by atoms with Crippen molar-refractivity contribution in [2.75, 3.05) is 12.3 Å². The molecule has 0 radical (unpaired) electrons. The van der Waals surface area contributed by atoms with Crippen molar-refractivity contribution in [3.05, 3.63) is 71.3 Å². The number of alkyl halides is 3. The quantitative estimate of drug-likeness (QED) is 0.799. The van der Waals surface area contributed by atoms with Crippen LogP contribution in [0.3, 0.4) is 0 Å². The number of hydrogen-bond acceptors (Lipinski definition) is 2. The van der Waals surface area contributed by atoms with Crippen molar-refractivity contribution in [3.63, 3.8) is 0 Å². The van der Waals surface area contributed by atoms with Crippen LogP contribution < -0.4 is 0 Å². The lowest BCUT2D eigenvalue weighted by molar-refractivity contribution is -0.137. The molecule has 2 aromatic carbocycles. The third-order valence-electron chi connectivity index (χ3n) is 3.70. The minimum Gasteiger partial charge on any atom is -0.322 e. The Morgan fingerprint density at radius 2 is 1.70 bits per heavy atom. The molecule has 0 spiro atoms. The van der Waals surface area contributed by atoms with Crippen molar-refractivity contribution in [3.8, 4) is 0 Å². The molecule has 0 aromatic heterocycles. The Hall–Kier alpha value is -1.95. The van der Waals surface area contributed by atoms with Crippen molar-refractivity contribution in [2.45, 2.75) is 11.6 Å². The van der Waals surface area contributed by atoms with E-state index >= 15 is 0 Å². The summed E-state index contributed by atoms with van der Waals surface area (Å²) in [5.74, 6) is 0.671. The van der Waals surface area contributed by atoms with Crippen LogP contribution in [0.2, 0.25) is 0 Å². The van der Waals surface area contributed by atoms with Gasteiger partial charge in [-0.05, 0) is 29.8 Å². The summed E-state index contributed by atoms with van der Waals surface area (Å²) in [6, 6.07) is 14.0. The number of carbonyl (C=O) groups is 1. The first kappa shape index (κ1) is 15.9. The van der Waals surface area contributed by atoms with Crippen LogP contribution in [0.5, 0.6) is 0 Å². The highest BCUT2D eigenvalue weighted by atomic mass is 32.2. The van der Waals surface area contributed by atoms with Crippen molar-refractivity contribution >= 4 is 17.7 Å². The average Bonchev–Trinajstić information content (AvgIpc) is 3.04. The maximum absolute atomic E-state index is 12.7. The van der Waals surface area contributed by atoms with Crippen LogP contribution >= 0.6 is 11.8 Å². The lowest BCUT2D eigenvalue weighted by atomic mass is 10.1. The number of carbonyl (C=O) groups excluding carboxylic acids is 1. The van der Waals surface area contributed by atoms with E-state index in [1.165, 1.54) is 12.1 Å². The van der Waals surface area contributed by atoms with E-state index in [9.17, 15) is 18.0 Å². The molecule has 0 bridgehead atoms. The Labute approximate surface area is 136 Å². The fraction of sp³-hybridized carbons (Fsp3) is 0.235. The van der Waals surface area contributed by atoms with Gasteiger partial charge in [0.1, 0.15) is 5.37 Å². The minimum atomic E-state index is -4.35. The second kappa shape index (κ2) is 6.28. The van der Waals surface area contributed by atoms with E-state index in [0.717, 1.165) is 17.9 Å². The molecule has 3 rings (SSSR count). The van der Waals surface area contributed by atoms with Gasteiger partial charge in [-0.1, -0.05) is 30.3 Å². The van der Waals surface area contributed by atoms with E-state index < -0.39 is 11.7 Å². The molecule has 1 saturated heterocycles. The van der Waals surface area contributed by atoms with Crippen LogP contribution in [0, 0.1) is 0 Å². The molecule has 1 heterocycles. The van der Waals surface area contributed by atoms with Crippen LogP contribution in [-0.2, 0) is 6.18 Å². The van der Waals surface area contributed by atoms with Gasteiger partial charge < -0.3 is 4.90 Å². The van der Waals surface area contributed by atoms with Gasteiger partial charge in [0.2, 0.25) is 0 Å². The van der Waals surface area contributed by atoms with E-state index in [4.69, 9.17) is 0 Å². The molecule has 2 aromatic rings. The summed E-state index contributed by atoms with van der Waals surface area (Å²) in [5, 5.41) is -0.245.